The molecule has 0 unspecified atom stereocenters. The Morgan fingerprint density at radius 2 is 1.91 bits per heavy atom. The summed E-state index contributed by atoms with van der Waals surface area (Å²) in [5, 5.41) is 3.23. The lowest BCUT2D eigenvalue weighted by molar-refractivity contribution is -0.218. The fourth-order valence-corrected chi connectivity index (χ4v) is 1.46. The van der Waals surface area contributed by atoms with Crippen LogP contribution in [0.2, 0.25) is 0 Å². The Hall–Kier alpha value is -0.120. The van der Waals surface area contributed by atoms with Gasteiger partial charge in [0.1, 0.15) is 0 Å². The van der Waals surface area contributed by atoms with E-state index in [2.05, 4.69) is 5.32 Å². The number of nitrogens with one attached hydrogen (secondary N) is 1. The molecule has 3 heteroatoms. The highest BCUT2D eigenvalue weighted by Crippen LogP contribution is 2.20. The minimum atomic E-state index is -0.316. The molecule has 0 saturated carbocycles. The van der Waals surface area contributed by atoms with E-state index in [4.69, 9.17) is 9.47 Å². The van der Waals surface area contributed by atoms with Crippen LogP contribution in [0, 0.1) is 0 Å². The summed E-state index contributed by atoms with van der Waals surface area (Å²) in [5.41, 5.74) is 0. The van der Waals surface area contributed by atoms with Crippen LogP contribution in [0.5, 0.6) is 0 Å². The number of hydrogen-bond acceptors (Lipinski definition) is 3. The van der Waals surface area contributed by atoms with Gasteiger partial charge in [-0.1, -0.05) is 0 Å². The summed E-state index contributed by atoms with van der Waals surface area (Å²) in [4.78, 5) is 0. The number of rotatable bonds is 4. The predicted octanol–water partition coefficient (Wildman–Crippen LogP) is 0.749. The molecule has 1 saturated heterocycles. The van der Waals surface area contributed by atoms with Crippen LogP contribution in [0.3, 0.4) is 0 Å². The number of hydrogen-bond donors (Lipinski definition) is 1. The minimum absolute atomic E-state index is 0.316. The first-order chi connectivity index (χ1) is 5.33. The molecule has 0 atom stereocenters. The smallest absolute Gasteiger partial charge is 0.181 e. The maximum absolute atomic E-state index is 5.55. The summed E-state index contributed by atoms with van der Waals surface area (Å²) in [7, 11) is 0. The van der Waals surface area contributed by atoms with Gasteiger partial charge in [-0.2, -0.15) is 0 Å². The molecule has 3 nitrogen and oxygen atoms in total. The third-order valence-corrected chi connectivity index (χ3v) is 1.89. The van der Waals surface area contributed by atoms with Crippen LogP contribution in [0.15, 0.2) is 0 Å². The van der Waals surface area contributed by atoms with E-state index in [1.807, 2.05) is 13.8 Å². The van der Waals surface area contributed by atoms with Crippen molar-refractivity contribution in [1.82, 2.24) is 5.32 Å². The zero-order valence-electron chi connectivity index (χ0n) is 7.35. The molecule has 0 radical (unpaired) electrons. The van der Waals surface area contributed by atoms with E-state index in [1.54, 1.807) is 0 Å². The predicted molar refractivity (Wildman–Crippen MR) is 43.5 cm³/mol. The molecule has 1 rings (SSSR count). The molecule has 0 aliphatic carbocycles. The molecule has 11 heavy (non-hydrogen) atoms. The van der Waals surface area contributed by atoms with Gasteiger partial charge < -0.3 is 14.8 Å². The molecule has 0 bridgehead atoms. The van der Waals surface area contributed by atoms with Gasteiger partial charge in [-0.15, -0.1) is 0 Å². The van der Waals surface area contributed by atoms with E-state index in [1.165, 1.54) is 0 Å². The average Bonchev–Trinajstić information content (AvgIpc) is 2.39. The molecule has 0 aromatic rings. The Kier molecular flexibility index (Phi) is 3.30. The highest BCUT2D eigenvalue weighted by atomic mass is 16.7. The van der Waals surface area contributed by atoms with Crippen LogP contribution in [0.1, 0.15) is 20.3 Å². The maximum Gasteiger partial charge on any atom is 0.181 e. The lowest BCUT2D eigenvalue weighted by atomic mass is 10.2. The molecule has 0 amide bonds. The van der Waals surface area contributed by atoms with Gasteiger partial charge in [-0.05, 0) is 13.8 Å². The molecular weight excluding hydrogens is 142 g/mol. The van der Waals surface area contributed by atoms with E-state index in [0.717, 1.165) is 32.7 Å². The van der Waals surface area contributed by atoms with Gasteiger partial charge >= 0.3 is 0 Å². The second kappa shape index (κ2) is 4.04. The Labute approximate surface area is 68.1 Å². The van der Waals surface area contributed by atoms with Gasteiger partial charge in [0.05, 0.1) is 0 Å². The summed E-state index contributed by atoms with van der Waals surface area (Å²) in [6, 6.07) is 0. The van der Waals surface area contributed by atoms with E-state index >= 15 is 0 Å². The molecule has 0 spiro atoms. The van der Waals surface area contributed by atoms with Crippen LogP contribution in [-0.2, 0) is 9.47 Å². The minimum Gasteiger partial charge on any atom is -0.349 e. The van der Waals surface area contributed by atoms with Crippen molar-refractivity contribution in [2.45, 2.75) is 26.1 Å². The third-order valence-electron chi connectivity index (χ3n) is 1.89. The van der Waals surface area contributed by atoms with Gasteiger partial charge in [0.15, 0.2) is 5.79 Å². The lowest BCUT2D eigenvalue weighted by Crippen LogP contribution is -2.38. The fraction of sp³-hybridized carbons (Fsp3) is 1.00. The van der Waals surface area contributed by atoms with Gasteiger partial charge in [-0.25, -0.2) is 0 Å². The zero-order valence-corrected chi connectivity index (χ0v) is 7.35. The topological polar surface area (TPSA) is 30.5 Å². The maximum atomic E-state index is 5.55. The van der Waals surface area contributed by atoms with E-state index in [9.17, 15) is 0 Å². The largest absolute Gasteiger partial charge is 0.349 e. The Morgan fingerprint density at radius 1 is 1.27 bits per heavy atom. The van der Waals surface area contributed by atoms with Crippen molar-refractivity contribution in [3.05, 3.63) is 0 Å². The van der Waals surface area contributed by atoms with Gasteiger partial charge in [-0.3, -0.25) is 0 Å². The second-order valence-electron chi connectivity index (χ2n) is 2.70. The monoisotopic (exact) mass is 159 g/mol. The molecule has 1 N–H and O–H groups in total. The lowest BCUT2D eigenvalue weighted by Gasteiger charge is -2.27. The normalized spacial score (nSPS) is 22.4. The summed E-state index contributed by atoms with van der Waals surface area (Å²) in [6.45, 7) is 7.27. The van der Waals surface area contributed by atoms with Crippen molar-refractivity contribution < 1.29 is 9.47 Å². The fourth-order valence-electron chi connectivity index (χ4n) is 1.46. The highest BCUT2D eigenvalue weighted by molar-refractivity contribution is 4.80. The van der Waals surface area contributed by atoms with Crippen molar-refractivity contribution in [3.63, 3.8) is 0 Å². The van der Waals surface area contributed by atoms with Crippen LogP contribution in [-0.4, -0.2) is 32.1 Å². The molecule has 0 aromatic carbocycles. The Morgan fingerprint density at radius 3 is 2.27 bits per heavy atom. The average molecular weight is 159 g/mol. The zero-order chi connectivity index (χ0) is 8.16. The van der Waals surface area contributed by atoms with E-state index in [-0.39, 0.29) is 5.79 Å². The quantitative estimate of drug-likeness (QED) is 0.614. The van der Waals surface area contributed by atoms with E-state index < -0.39 is 0 Å². The Bertz CT molecular complexity index is 103. The van der Waals surface area contributed by atoms with Gasteiger partial charge in [0.2, 0.25) is 0 Å². The summed E-state index contributed by atoms with van der Waals surface area (Å²) in [5.74, 6) is -0.316. The van der Waals surface area contributed by atoms with Crippen molar-refractivity contribution in [1.29, 1.82) is 0 Å². The molecule has 1 fully saturated rings. The van der Waals surface area contributed by atoms with Gasteiger partial charge in [0, 0.05) is 32.7 Å². The first-order valence-corrected chi connectivity index (χ1v) is 4.31. The molecular formula is C8H17NO2. The standard InChI is InChI=1S/C8H17NO2/c1-3-10-8(11-4-2)5-6-9-7-8/h9H,3-7H2,1-2H3. The first-order valence-electron chi connectivity index (χ1n) is 4.31. The molecule has 1 aliphatic rings. The van der Waals surface area contributed by atoms with Crippen molar-refractivity contribution in [2.75, 3.05) is 26.3 Å². The van der Waals surface area contributed by atoms with Crippen molar-refractivity contribution in [3.8, 4) is 0 Å². The third kappa shape index (κ3) is 2.15. The highest BCUT2D eigenvalue weighted by Gasteiger charge is 2.34. The molecule has 1 heterocycles. The number of ether oxygens (including phenoxy) is 2. The Balaban J connectivity index is 2.40. The van der Waals surface area contributed by atoms with Crippen LogP contribution in [0.25, 0.3) is 0 Å². The second-order valence-corrected chi connectivity index (χ2v) is 2.70. The summed E-state index contributed by atoms with van der Waals surface area (Å²) >= 11 is 0. The van der Waals surface area contributed by atoms with Crippen molar-refractivity contribution >= 4 is 0 Å². The van der Waals surface area contributed by atoms with Crippen LogP contribution >= 0.6 is 0 Å². The van der Waals surface area contributed by atoms with Gasteiger partial charge in [0.25, 0.3) is 0 Å². The SMILES string of the molecule is CCOC1(OCC)CCNC1. The van der Waals surface area contributed by atoms with E-state index in [0.29, 0.717) is 0 Å². The molecule has 66 valence electrons. The molecule has 1 aliphatic heterocycles. The molecule has 0 aromatic heterocycles. The summed E-state index contributed by atoms with van der Waals surface area (Å²) < 4.78 is 11.1. The first kappa shape index (κ1) is 8.97. The van der Waals surface area contributed by atoms with Crippen molar-refractivity contribution in [2.24, 2.45) is 0 Å². The van der Waals surface area contributed by atoms with Crippen LogP contribution < -0.4 is 5.32 Å². The van der Waals surface area contributed by atoms with Crippen LogP contribution in [0.4, 0.5) is 0 Å². The summed E-state index contributed by atoms with van der Waals surface area (Å²) in [6.07, 6.45) is 0.967.